The molecule has 0 bridgehead atoms. The molecule has 1 saturated heterocycles. The molecule has 1 aliphatic carbocycles. The third kappa shape index (κ3) is 4.66. The Labute approximate surface area is 175 Å². The number of nitrogens with zero attached hydrogens (tertiary/aromatic N) is 1. The largest absolute Gasteiger partial charge is 0.467 e. The number of furan rings is 1. The van der Waals surface area contributed by atoms with Crippen LogP contribution in [-0.4, -0.2) is 46.9 Å². The van der Waals surface area contributed by atoms with Crippen LogP contribution in [0, 0.1) is 11.3 Å². The lowest BCUT2D eigenvalue weighted by atomic mass is 9.64. The van der Waals surface area contributed by atoms with Gasteiger partial charge in [0, 0.05) is 0 Å². The van der Waals surface area contributed by atoms with E-state index in [9.17, 15) is 19.2 Å². The predicted octanol–water partition coefficient (Wildman–Crippen LogP) is 1.96. The Morgan fingerprint density at radius 1 is 1.37 bits per heavy atom. The Balaban J connectivity index is 1.56. The zero-order valence-corrected chi connectivity index (χ0v) is 17.8. The van der Waals surface area contributed by atoms with E-state index in [0.29, 0.717) is 18.6 Å². The second-order valence-electron chi connectivity index (χ2n) is 9.19. The molecule has 164 valence electrons. The first-order valence-corrected chi connectivity index (χ1v) is 10.1. The molecule has 1 aromatic rings. The van der Waals surface area contributed by atoms with Crippen molar-refractivity contribution < 1.29 is 28.3 Å². The molecular formula is C21H29N3O6. The van der Waals surface area contributed by atoms with Crippen molar-refractivity contribution in [1.82, 2.24) is 15.5 Å². The van der Waals surface area contributed by atoms with Crippen LogP contribution in [0.1, 0.15) is 52.7 Å². The summed E-state index contributed by atoms with van der Waals surface area (Å²) in [6.45, 7) is 7.26. The third-order valence-electron chi connectivity index (χ3n) is 5.61. The van der Waals surface area contributed by atoms with Gasteiger partial charge in [0.15, 0.2) is 6.10 Å². The highest BCUT2D eigenvalue weighted by molar-refractivity contribution is 6.08. The maximum absolute atomic E-state index is 13.1. The minimum Gasteiger partial charge on any atom is -0.467 e. The van der Waals surface area contributed by atoms with Gasteiger partial charge in [-0.15, -0.1) is 0 Å². The molecule has 2 heterocycles. The lowest BCUT2D eigenvalue weighted by Crippen LogP contribution is -2.54. The summed E-state index contributed by atoms with van der Waals surface area (Å²) in [5, 5.41) is 5.40. The molecule has 1 aromatic heterocycles. The van der Waals surface area contributed by atoms with E-state index in [4.69, 9.17) is 9.15 Å². The molecule has 0 aromatic carbocycles. The van der Waals surface area contributed by atoms with Gasteiger partial charge in [-0.3, -0.25) is 19.3 Å². The number of rotatable bonds is 6. The number of hydrogen-bond acceptors (Lipinski definition) is 6. The highest BCUT2D eigenvalue weighted by Gasteiger charge is 2.56. The number of esters is 1. The summed E-state index contributed by atoms with van der Waals surface area (Å²) in [6.07, 6.45) is 2.44. The van der Waals surface area contributed by atoms with Gasteiger partial charge >= 0.3 is 12.0 Å². The number of carbonyl (C=O) groups is 4. The minimum absolute atomic E-state index is 0.0995. The van der Waals surface area contributed by atoms with E-state index in [0.717, 1.165) is 11.3 Å². The van der Waals surface area contributed by atoms with Crippen LogP contribution in [0.2, 0.25) is 0 Å². The average Bonchev–Trinajstić information content (AvgIpc) is 3.21. The monoisotopic (exact) mass is 419 g/mol. The molecule has 3 rings (SSSR count). The normalized spacial score (nSPS) is 26.4. The Bertz CT molecular complexity index is 834. The second kappa shape index (κ2) is 8.12. The predicted molar refractivity (Wildman–Crippen MR) is 106 cm³/mol. The Kier molecular flexibility index (Phi) is 5.92. The zero-order valence-electron chi connectivity index (χ0n) is 17.8. The Morgan fingerprint density at radius 3 is 2.73 bits per heavy atom. The van der Waals surface area contributed by atoms with Crippen molar-refractivity contribution >= 4 is 23.8 Å². The third-order valence-corrected chi connectivity index (χ3v) is 5.61. The zero-order chi connectivity index (χ0) is 22.1. The molecule has 0 radical (unpaired) electrons. The topological polar surface area (TPSA) is 118 Å². The number of ether oxygens (including phenoxy) is 1. The fourth-order valence-corrected chi connectivity index (χ4v) is 4.80. The van der Waals surface area contributed by atoms with Crippen LogP contribution in [0.25, 0.3) is 0 Å². The standard InChI is InChI=1S/C21H29N3O6/c1-13-8-20(3,4)12-21(9-13)18(27)24(19(28)23-21)11-16(25)30-14(2)17(26)22-10-15-6-5-7-29-15/h5-7,13-14H,8-12H2,1-4H3,(H,22,26)(H,23,28)/t13-,14-,21-/m0/s1. The summed E-state index contributed by atoms with van der Waals surface area (Å²) in [5.74, 6) is -0.895. The lowest BCUT2D eigenvalue weighted by molar-refractivity contribution is -0.157. The highest BCUT2D eigenvalue weighted by Crippen LogP contribution is 2.46. The van der Waals surface area contributed by atoms with E-state index in [1.165, 1.54) is 13.2 Å². The van der Waals surface area contributed by atoms with E-state index in [-0.39, 0.29) is 17.9 Å². The first-order valence-electron chi connectivity index (χ1n) is 10.1. The van der Waals surface area contributed by atoms with Crippen molar-refractivity contribution in [2.75, 3.05) is 6.54 Å². The van der Waals surface area contributed by atoms with E-state index < -0.39 is 42.0 Å². The maximum Gasteiger partial charge on any atom is 0.327 e. The van der Waals surface area contributed by atoms with Crippen molar-refractivity contribution in [3.63, 3.8) is 0 Å². The highest BCUT2D eigenvalue weighted by atomic mass is 16.5. The molecular weight excluding hydrogens is 390 g/mol. The van der Waals surface area contributed by atoms with E-state index in [2.05, 4.69) is 31.4 Å². The quantitative estimate of drug-likeness (QED) is 0.538. The summed E-state index contributed by atoms with van der Waals surface area (Å²) in [4.78, 5) is 50.8. The fraction of sp³-hybridized carbons (Fsp3) is 0.619. The van der Waals surface area contributed by atoms with E-state index in [1.54, 1.807) is 12.1 Å². The summed E-state index contributed by atoms with van der Waals surface area (Å²) in [5.41, 5.74) is -1.08. The average molecular weight is 419 g/mol. The Morgan fingerprint density at radius 2 is 2.10 bits per heavy atom. The van der Waals surface area contributed by atoms with Crippen LogP contribution in [0.15, 0.2) is 22.8 Å². The molecule has 9 nitrogen and oxygen atoms in total. The van der Waals surface area contributed by atoms with Crippen LogP contribution >= 0.6 is 0 Å². The van der Waals surface area contributed by atoms with Gasteiger partial charge in [-0.1, -0.05) is 20.8 Å². The number of urea groups is 1. The van der Waals surface area contributed by atoms with Gasteiger partial charge in [0.25, 0.3) is 11.8 Å². The van der Waals surface area contributed by atoms with Crippen molar-refractivity contribution in [3.05, 3.63) is 24.2 Å². The summed E-state index contributed by atoms with van der Waals surface area (Å²) >= 11 is 0. The summed E-state index contributed by atoms with van der Waals surface area (Å²) in [6, 6.07) is 2.80. The fourth-order valence-electron chi connectivity index (χ4n) is 4.80. The number of hydrogen-bond donors (Lipinski definition) is 2. The summed E-state index contributed by atoms with van der Waals surface area (Å²) < 4.78 is 10.2. The van der Waals surface area contributed by atoms with Crippen molar-refractivity contribution in [2.24, 2.45) is 11.3 Å². The van der Waals surface area contributed by atoms with Crippen LogP contribution in [0.3, 0.4) is 0 Å². The SMILES string of the molecule is C[C@H]1CC(C)(C)C[C@]2(C1)NC(=O)N(CC(=O)O[C@@H](C)C(=O)NCc1ccco1)C2=O. The maximum atomic E-state index is 13.1. The number of amides is 4. The van der Waals surface area contributed by atoms with Crippen molar-refractivity contribution in [1.29, 1.82) is 0 Å². The van der Waals surface area contributed by atoms with Gasteiger partial charge in [-0.25, -0.2) is 4.79 Å². The smallest absolute Gasteiger partial charge is 0.327 e. The van der Waals surface area contributed by atoms with Gasteiger partial charge in [0.05, 0.1) is 12.8 Å². The van der Waals surface area contributed by atoms with Gasteiger partial charge in [-0.05, 0) is 49.7 Å². The number of nitrogens with one attached hydrogen (secondary N) is 2. The lowest BCUT2D eigenvalue weighted by Gasteiger charge is -2.43. The van der Waals surface area contributed by atoms with Crippen LogP contribution in [0.5, 0.6) is 0 Å². The van der Waals surface area contributed by atoms with E-state index >= 15 is 0 Å². The van der Waals surface area contributed by atoms with Crippen molar-refractivity contribution in [3.8, 4) is 0 Å². The second-order valence-corrected chi connectivity index (χ2v) is 9.19. The Hall–Kier alpha value is -2.84. The van der Waals surface area contributed by atoms with Crippen LogP contribution in [0.4, 0.5) is 4.79 Å². The minimum atomic E-state index is -1.07. The van der Waals surface area contributed by atoms with Crippen LogP contribution in [-0.2, 0) is 25.7 Å². The molecule has 3 atom stereocenters. The van der Waals surface area contributed by atoms with Crippen molar-refractivity contribution in [2.45, 2.75) is 65.1 Å². The molecule has 30 heavy (non-hydrogen) atoms. The molecule has 9 heteroatoms. The molecule has 2 N–H and O–H groups in total. The van der Waals surface area contributed by atoms with Gasteiger partial charge in [0.2, 0.25) is 0 Å². The van der Waals surface area contributed by atoms with Gasteiger partial charge in [0.1, 0.15) is 17.8 Å². The first kappa shape index (κ1) is 21.9. The number of carbonyl (C=O) groups excluding carboxylic acids is 4. The first-order chi connectivity index (χ1) is 14.0. The summed E-state index contributed by atoms with van der Waals surface area (Å²) in [7, 11) is 0. The molecule has 4 amide bonds. The molecule has 1 saturated carbocycles. The molecule has 1 aliphatic heterocycles. The molecule has 0 unspecified atom stereocenters. The van der Waals surface area contributed by atoms with Gasteiger partial charge < -0.3 is 19.8 Å². The molecule has 2 aliphatic rings. The van der Waals surface area contributed by atoms with E-state index in [1.807, 2.05) is 0 Å². The molecule has 1 spiro atoms. The number of imide groups is 1. The van der Waals surface area contributed by atoms with Gasteiger partial charge in [-0.2, -0.15) is 0 Å². The molecule has 2 fully saturated rings. The van der Waals surface area contributed by atoms with Crippen LogP contribution < -0.4 is 10.6 Å².